The topological polar surface area (TPSA) is 140 Å². The predicted molar refractivity (Wildman–Crippen MR) is 135 cm³/mol. The highest BCUT2D eigenvalue weighted by molar-refractivity contribution is 5.89. The van der Waals surface area contributed by atoms with Crippen molar-refractivity contribution in [1.29, 1.82) is 0 Å². The molecule has 37 heavy (non-hydrogen) atoms. The number of carbonyl (C=O) groups excluding carboxylic acids is 2. The van der Waals surface area contributed by atoms with Gasteiger partial charge in [-0.05, 0) is 46.1 Å². The van der Waals surface area contributed by atoms with Crippen molar-refractivity contribution in [3.8, 4) is 5.75 Å². The maximum Gasteiger partial charge on any atom is 0.410 e. The van der Waals surface area contributed by atoms with E-state index in [0.29, 0.717) is 19.6 Å². The maximum atomic E-state index is 13.1. The number of esters is 1. The number of aromatic hydroxyl groups is 1. The molecule has 1 aromatic heterocycles. The summed E-state index contributed by atoms with van der Waals surface area (Å²) >= 11 is 0. The van der Waals surface area contributed by atoms with Crippen molar-refractivity contribution >= 4 is 12.1 Å². The van der Waals surface area contributed by atoms with Crippen LogP contribution in [0.1, 0.15) is 68.5 Å². The number of aromatic nitrogens is 2. The molecule has 204 valence electrons. The number of rotatable bonds is 12. The van der Waals surface area contributed by atoms with Gasteiger partial charge in [0.25, 0.3) is 5.56 Å². The SMILES string of the molecule is CCN(C(=O)OC(C)(C)C)C(CCC(COCc1ccccc1)OC)c1nc(C(=O)OC)c(O)c(=O)[nH]1. The standard InChI is InChI=1S/C26H37N3O8/c1-7-29(25(33)37-26(2,3)4)19(22-27-20(24(32)35-6)21(30)23(31)28-22)14-13-18(34-5)16-36-15-17-11-9-8-10-12-17/h8-12,18-19,30H,7,13-16H2,1-6H3,(H,27,28,31). The minimum atomic E-state index is -0.979. The van der Waals surface area contributed by atoms with Crippen molar-refractivity contribution in [2.24, 2.45) is 0 Å². The molecule has 0 aliphatic carbocycles. The summed E-state index contributed by atoms with van der Waals surface area (Å²) in [5.41, 5.74) is -1.20. The Labute approximate surface area is 216 Å². The summed E-state index contributed by atoms with van der Waals surface area (Å²) in [5.74, 6) is -1.83. The molecule has 1 heterocycles. The average molecular weight is 520 g/mol. The normalized spacial score (nSPS) is 13.0. The van der Waals surface area contributed by atoms with E-state index in [-0.39, 0.29) is 24.9 Å². The number of benzene rings is 1. The highest BCUT2D eigenvalue weighted by atomic mass is 16.6. The fourth-order valence-corrected chi connectivity index (χ4v) is 3.61. The van der Waals surface area contributed by atoms with Crippen LogP contribution in [0.25, 0.3) is 0 Å². The minimum Gasteiger partial charge on any atom is -0.501 e. The summed E-state index contributed by atoms with van der Waals surface area (Å²) in [5, 5.41) is 10.1. The van der Waals surface area contributed by atoms with E-state index in [0.717, 1.165) is 12.7 Å². The third kappa shape index (κ3) is 8.87. The van der Waals surface area contributed by atoms with Gasteiger partial charge in [-0.25, -0.2) is 14.6 Å². The lowest BCUT2D eigenvalue weighted by molar-refractivity contribution is -0.0105. The third-order valence-electron chi connectivity index (χ3n) is 5.46. The van der Waals surface area contributed by atoms with Crippen LogP contribution in [0.3, 0.4) is 0 Å². The maximum absolute atomic E-state index is 13.1. The van der Waals surface area contributed by atoms with E-state index < -0.39 is 40.7 Å². The van der Waals surface area contributed by atoms with Crippen molar-refractivity contribution in [2.75, 3.05) is 27.4 Å². The van der Waals surface area contributed by atoms with Crippen molar-refractivity contribution in [3.63, 3.8) is 0 Å². The number of ether oxygens (including phenoxy) is 4. The van der Waals surface area contributed by atoms with Crippen molar-refractivity contribution in [3.05, 3.63) is 57.8 Å². The second kappa shape index (κ2) is 13.8. The molecule has 0 spiro atoms. The Balaban J connectivity index is 2.31. The number of nitrogens with zero attached hydrogens (tertiary/aromatic N) is 2. The lowest BCUT2D eigenvalue weighted by atomic mass is 10.1. The molecular weight excluding hydrogens is 482 g/mol. The Hall–Kier alpha value is -3.44. The molecule has 2 aromatic rings. The summed E-state index contributed by atoms with van der Waals surface area (Å²) < 4.78 is 21.6. The number of hydrogen-bond acceptors (Lipinski definition) is 9. The first-order chi connectivity index (χ1) is 17.5. The molecule has 0 radical (unpaired) electrons. The second-order valence-corrected chi connectivity index (χ2v) is 9.36. The number of methoxy groups -OCH3 is 2. The Bertz CT molecular complexity index is 1080. The van der Waals surface area contributed by atoms with Gasteiger partial charge in [-0.1, -0.05) is 30.3 Å². The molecule has 1 amide bonds. The van der Waals surface area contributed by atoms with E-state index >= 15 is 0 Å². The molecule has 0 bridgehead atoms. The van der Waals surface area contributed by atoms with Gasteiger partial charge in [0, 0.05) is 13.7 Å². The first-order valence-electron chi connectivity index (χ1n) is 12.1. The molecule has 2 unspecified atom stereocenters. The third-order valence-corrected chi connectivity index (χ3v) is 5.46. The second-order valence-electron chi connectivity index (χ2n) is 9.36. The zero-order valence-electron chi connectivity index (χ0n) is 22.3. The molecule has 11 nitrogen and oxygen atoms in total. The Morgan fingerprint density at radius 2 is 1.81 bits per heavy atom. The molecule has 0 saturated carbocycles. The van der Waals surface area contributed by atoms with Crippen LogP contribution in [0.4, 0.5) is 4.79 Å². The number of hydrogen-bond donors (Lipinski definition) is 2. The quantitative estimate of drug-likeness (QED) is 0.403. The Kier molecular flexibility index (Phi) is 11.1. The van der Waals surface area contributed by atoms with Gasteiger partial charge in [-0.3, -0.25) is 9.69 Å². The van der Waals surface area contributed by atoms with Crippen LogP contribution in [-0.4, -0.2) is 71.1 Å². The lowest BCUT2D eigenvalue weighted by Gasteiger charge is -2.33. The van der Waals surface area contributed by atoms with E-state index in [1.54, 1.807) is 34.8 Å². The smallest absolute Gasteiger partial charge is 0.410 e. The van der Waals surface area contributed by atoms with E-state index in [9.17, 15) is 19.5 Å². The van der Waals surface area contributed by atoms with Gasteiger partial charge in [0.15, 0.2) is 5.69 Å². The lowest BCUT2D eigenvalue weighted by Crippen LogP contribution is -2.41. The van der Waals surface area contributed by atoms with Crippen LogP contribution >= 0.6 is 0 Å². The molecule has 0 aliphatic heterocycles. The van der Waals surface area contributed by atoms with Crippen molar-refractivity contribution < 1.29 is 33.6 Å². The summed E-state index contributed by atoms with van der Waals surface area (Å²) in [6.07, 6.45) is -0.237. The van der Waals surface area contributed by atoms with Gasteiger partial charge in [0.2, 0.25) is 5.75 Å². The molecule has 2 N–H and O–H groups in total. The van der Waals surface area contributed by atoms with Crippen LogP contribution in [0.5, 0.6) is 5.75 Å². The first kappa shape index (κ1) is 29.8. The van der Waals surface area contributed by atoms with Crippen LogP contribution in [-0.2, 0) is 25.6 Å². The number of aromatic amines is 1. The first-order valence-corrected chi connectivity index (χ1v) is 12.1. The van der Waals surface area contributed by atoms with Gasteiger partial charge in [0.05, 0.1) is 32.5 Å². The predicted octanol–water partition coefficient (Wildman–Crippen LogP) is 3.57. The molecule has 2 atom stereocenters. The van der Waals surface area contributed by atoms with Gasteiger partial charge < -0.3 is 29.0 Å². The molecule has 2 rings (SSSR count). The highest BCUT2D eigenvalue weighted by Gasteiger charge is 2.32. The monoisotopic (exact) mass is 519 g/mol. The van der Waals surface area contributed by atoms with Gasteiger partial charge in [0.1, 0.15) is 11.4 Å². The highest BCUT2D eigenvalue weighted by Crippen LogP contribution is 2.27. The van der Waals surface area contributed by atoms with Crippen LogP contribution in [0, 0.1) is 0 Å². The number of H-pyrrole nitrogens is 1. The van der Waals surface area contributed by atoms with E-state index in [4.69, 9.17) is 14.2 Å². The van der Waals surface area contributed by atoms with Crippen LogP contribution in [0.2, 0.25) is 0 Å². The fraction of sp³-hybridized carbons (Fsp3) is 0.538. The molecule has 0 aliphatic rings. The number of carbonyl (C=O) groups is 2. The summed E-state index contributed by atoms with van der Waals surface area (Å²) in [7, 11) is 2.67. The van der Waals surface area contributed by atoms with Gasteiger partial charge >= 0.3 is 12.1 Å². The van der Waals surface area contributed by atoms with Gasteiger partial charge in [-0.15, -0.1) is 0 Å². The fourth-order valence-electron chi connectivity index (χ4n) is 3.61. The summed E-state index contributed by atoms with van der Waals surface area (Å²) in [4.78, 5) is 45.7. The van der Waals surface area contributed by atoms with Crippen molar-refractivity contribution in [2.45, 2.75) is 64.9 Å². The molecular formula is C26H37N3O8. The molecule has 0 fully saturated rings. The Morgan fingerprint density at radius 1 is 1.14 bits per heavy atom. The van der Waals surface area contributed by atoms with E-state index in [2.05, 4.69) is 14.7 Å². The summed E-state index contributed by atoms with van der Waals surface area (Å²) in [6, 6.07) is 8.91. The summed E-state index contributed by atoms with van der Waals surface area (Å²) in [6.45, 7) is 7.92. The number of nitrogens with one attached hydrogen (secondary N) is 1. The zero-order valence-corrected chi connectivity index (χ0v) is 22.3. The zero-order chi connectivity index (χ0) is 27.6. The molecule has 0 saturated heterocycles. The van der Waals surface area contributed by atoms with E-state index in [1.807, 2.05) is 30.3 Å². The Morgan fingerprint density at radius 3 is 2.38 bits per heavy atom. The van der Waals surface area contributed by atoms with E-state index in [1.165, 1.54) is 4.90 Å². The number of amides is 1. The van der Waals surface area contributed by atoms with Gasteiger partial charge in [-0.2, -0.15) is 0 Å². The van der Waals surface area contributed by atoms with Crippen LogP contribution < -0.4 is 5.56 Å². The minimum absolute atomic E-state index is 0.0102. The molecule has 1 aromatic carbocycles. The largest absolute Gasteiger partial charge is 0.501 e. The molecule has 11 heteroatoms. The van der Waals surface area contributed by atoms with Crippen molar-refractivity contribution in [1.82, 2.24) is 14.9 Å². The van der Waals surface area contributed by atoms with Crippen LogP contribution in [0.15, 0.2) is 35.1 Å². The average Bonchev–Trinajstić information content (AvgIpc) is 2.85.